The number of carbonyl (C=O) groups is 1. The molecular formula is C18H28N2O. The van der Waals surface area contributed by atoms with Crippen LogP contribution in [0.25, 0.3) is 0 Å². The Labute approximate surface area is 128 Å². The van der Waals surface area contributed by atoms with Gasteiger partial charge >= 0.3 is 0 Å². The number of hydrogen-bond donors (Lipinski definition) is 1. The van der Waals surface area contributed by atoms with E-state index >= 15 is 0 Å². The summed E-state index contributed by atoms with van der Waals surface area (Å²) in [5, 5.41) is 3.03. The minimum absolute atomic E-state index is 0.126. The van der Waals surface area contributed by atoms with Gasteiger partial charge in [-0.3, -0.25) is 9.69 Å². The maximum atomic E-state index is 11.9. The Morgan fingerprint density at radius 3 is 2.52 bits per heavy atom. The van der Waals surface area contributed by atoms with Gasteiger partial charge in [-0.1, -0.05) is 36.8 Å². The number of rotatable bonds is 6. The van der Waals surface area contributed by atoms with Crippen LogP contribution in [0.5, 0.6) is 0 Å². The molecular weight excluding hydrogens is 260 g/mol. The van der Waals surface area contributed by atoms with E-state index in [1.165, 1.54) is 19.3 Å². The Kier molecular flexibility index (Phi) is 6.24. The number of nitrogens with zero attached hydrogens (tertiary/aromatic N) is 1. The van der Waals surface area contributed by atoms with E-state index in [-0.39, 0.29) is 5.91 Å². The molecule has 21 heavy (non-hydrogen) atoms. The number of amides is 1. The number of nitrogens with one attached hydrogen (secondary N) is 1. The Bertz CT molecular complexity index is 422. The van der Waals surface area contributed by atoms with Crippen molar-refractivity contribution in [3.8, 4) is 0 Å². The van der Waals surface area contributed by atoms with E-state index in [0.29, 0.717) is 18.5 Å². The second kappa shape index (κ2) is 8.18. The Hall–Kier alpha value is -1.35. The third kappa shape index (κ3) is 5.16. The zero-order valence-electron chi connectivity index (χ0n) is 13.3. The molecule has 116 valence electrons. The molecule has 1 N–H and O–H groups in total. The number of piperidine rings is 1. The normalized spacial score (nSPS) is 23.0. The van der Waals surface area contributed by atoms with Crippen LogP contribution < -0.4 is 5.32 Å². The lowest BCUT2D eigenvalue weighted by Crippen LogP contribution is -2.44. The van der Waals surface area contributed by atoms with Gasteiger partial charge < -0.3 is 5.32 Å². The molecule has 0 aromatic heterocycles. The topological polar surface area (TPSA) is 32.3 Å². The first-order valence-corrected chi connectivity index (χ1v) is 8.23. The van der Waals surface area contributed by atoms with Crippen molar-refractivity contribution >= 4 is 5.91 Å². The van der Waals surface area contributed by atoms with Gasteiger partial charge in [0.1, 0.15) is 0 Å². The van der Waals surface area contributed by atoms with Gasteiger partial charge in [0.2, 0.25) is 5.91 Å². The summed E-state index contributed by atoms with van der Waals surface area (Å²) in [7, 11) is 0. The second-order valence-corrected chi connectivity index (χ2v) is 6.23. The molecule has 1 saturated heterocycles. The maximum Gasteiger partial charge on any atom is 0.224 e. The van der Waals surface area contributed by atoms with Gasteiger partial charge in [0.25, 0.3) is 0 Å². The van der Waals surface area contributed by atoms with E-state index in [4.69, 9.17) is 0 Å². The van der Waals surface area contributed by atoms with Crippen molar-refractivity contribution in [2.75, 3.05) is 13.1 Å². The van der Waals surface area contributed by atoms with Crippen molar-refractivity contribution in [2.45, 2.75) is 58.0 Å². The third-order valence-corrected chi connectivity index (χ3v) is 4.50. The molecule has 1 amide bonds. The minimum atomic E-state index is 0.126. The van der Waals surface area contributed by atoms with Gasteiger partial charge in [0.15, 0.2) is 0 Å². The molecule has 3 heteroatoms. The first kappa shape index (κ1) is 16.0. The fraction of sp³-hybridized carbons (Fsp3) is 0.611. The van der Waals surface area contributed by atoms with Crippen LogP contribution in [0.4, 0.5) is 0 Å². The van der Waals surface area contributed by atoms with E-state index in [1.807, 2.05) is 30.3 Å². The van der Waals surface area contributed by atoms with E-state index < -0.39 is 0 Å². The van der Waals surface area contributed by atoms with Gasteiger partial charge in [0.05, 0.1) is 6.42 Å². The standard InChI is InChI=1S/C18H28N2O/c1-15-8-6-9-16(2)20(15)13-7-12-19-18(21)14-17-10-4-3-5-11-17/h3-5,10-11,15-16H,6-9,12-14H2,1-2H3,(H,19,21). The summed E-state index contributed by atoms with van der Waals surface area (Å²) < 4.78 is 0. The van der Waals surface area contributed by atoms with Crippen LogP contribution in [0.1, 0.15) is 45.1 Å². The quantitative estimate of drug-likeness (QED) is 0.816. The van der Waals surface area contributed by atoms with Crippen LogP contribution in [0.2, 0.25) is 0 Å². The molecule has 2 rings (SSSR count). The SMILES string of the molecule is CC1CCCC(C)N1CCCNC(=O)Cc1ccccc1. The molecule has 0 radical (unpaired) electrons. The summed E-state index contributed by atoms with van der Waals surface area (Å²) in [4.78, 5) is 14.5. The van der Waals surface area contributed by atoms with Gasteiger partial charge in [-0.2, -0.15) is 0 Å². The lowest BCUT2D eigenvalue weighted by molar-refractivity contribution is -0.120. The van der Waals surface area contributed by atoms with Crippen molar-refractivity contribution in [1.82, 2.24) is 10.2 Å². The molecule has 0 saturated carbocycles. The molecule has 1 aliphatic heterocycles. The van der Waals surface area contributed by atoms with Gasteiger partial charge in [-0.15, -0.1) is 0 Å². The third-order valence-electron chi connectivity index (χ3n) is 4.50. The van der Waals surface area contributed by atoms with E-state index in [0.717, 1.165) is 25.1 Å². The Morgan fingerprint density at radius 2 is 1.86 bits per heavy atom. The average molecular weight is 288 g/mol. The molecule has 1 fully saturated rings. The van der Waals surface area contributed by atoms with Crippen LogP contribution in [-0.4, -0.2) is 36.0 Å². The highest BCUT2D eigenvalue weighted by Gasteiger charge is 2.23. The monoisotopic (exact) mass is 288 g/mol. The zero-order valence-corrected chi connectivity index (χ0v) is 13.3. The predicted octanol–water partition coefficient (Wildman–Crippen LogP) is 3.00. The van der Waals surface area contributed by atoms with Gasteiger partial charge in [0, 0.05) is 25.2 Å². The molecule has 1 heterocycles. The first-order chi connectivity index (χ1) is 10.2. The first-order valence-electron chi connectivity index (χ1n) is 8.23. The minimum Gasteiger partial charge on any atom is -0.356 e. The smallest absolute Gasteiger partial charge is 0.224 e. The second-order valence-electron chi connectivity index (χ2n) is 6.23. The van der Waals surface area contributed by atoms with Crippen molar-refractivity contribution in [1.29, 1.82) is 0 Å². The van der Waals surface area contributed by atoms with Crippen LogP contribution in [0, 0.1) is 0 Å². The molecule has 2 atom stereocenters. The van der Waals surface area contributed by atoms with E-state index in [1.54, 1.807) is 0 Å². The maximum absolute atomic E-state index is 11.9. The van der Waals surface area contributed by atoms with E-state index in [9.17, 15) is 4.79 Å². The van der Waals surface area contributed by atoms with Gasteiger partial charge in [-0.25, -0.2) is 0 Å². The fourth-order valence-corrected chi connectivity index (χ4v) is 3.25. The average Bonchev–Trinajstić information content (AvgIpc) is 2.47. The molecule has 1 aromatic rings. The lowest BCUT2D eigenvalue weighted by Gasteiger charge is -2.39. The lowest BCUT2D eigenvalue weighted by atomic mass is 9.97. The summed E-state index contributed by atoms with van der Waals surface area (Å²) in [5.41, 5.74) is 1.08. The Balaban J connectivity index is 1.64. The number of likely N-dealkylation sites (tertiary alicyclic amines) is 1. The largest absolute Gasteiger partial charge is 0.356 e. The molecule has 1 aliphatic rings. The number of benzene rings is 1. The van der Waals surface area contributed by atoms with Crippen LogP contribution in [-0.2, 0) is 11.2 Å². The van der Waals surface area contributed by atoms with Crippen molar-refractivity contribution in [3.05, 3.63) is 35.9 Å². The summed E-state index contributed by atoms with van der Waals surface area (Å²) in [6.07, 6.45) is 5.49. The molecule has 1 aromatic carbocycles. The molecule has 0 aliphatic carbocycles. The highest BCUT2D eigenvalue weighted by Crippen LogP contribution is 2.22. The van der Waals surface area contributed by atoms with Gasteiger partial charge in [-0.05, 0) is 38.7 Å². The van der Waals surface area contributed by atoms with Crippen molar-refractivity contribution in [3.63, 3.8) is 0 Å². The van der Waals surface area contributed by atoms with Crippen LogP contribution in [0.15, 0.2) is 30.3 Å². The molecule has 3 nitrogen and oxygen atoms in total. The predicted molar refractivity (Wildman–Crippen MR) is 87.3 cm³/mol. The number of carbonyl (C=O) groups excluding carboxylic acids is 1. The van der Waals surface area contributed by atoms with Crippen LogP contribution >= 0.6 is 0 Å². The summed E-state index contributed by atoms with van der Waals surface area (Å²) in [6.45, 7) is 6.52. The highest BCUT2D eigenvalue weighted by atomic mass is 16.1. The Morgan fingerprint density at radius 1 is 1.19 bits per heavy atom. The van der Waals surface area contributed by atoms with E-state index in [2.05, 4.69) is 24.1 Å². The van der Waals surface area contributed by atoms with Crippen molar-refractivity contribution in [2.24, 2.45) is 0 Å². The molecule has 0 bridgehead atoms. The highest BCUT2D eigenvalue weighted by molar-refractivity contribution is 5.78. The summed E-state index contributed by atoms with van der Waals surface area (Å²) >= 11 is 0. The number of hydrogen-bond acceptors (Lipinski definition) is 2. The zero-order chi connectivity index (χ0) is 15.1. The van der Waals surface area contributed by atoms with Crippen LogP contribution in [0.3, 0.4) is 0 Å². The van der Waals surface area contributed by atoms with Crippen molar-refractivity contribution < 1.29 is 4.79 Å². The summed E-state index contributed by atoms with van der Waals surface area (Å²) in [5.74, 6) is 0.126. The molecule has 0 spiro atoms. The fourth-order valence-electron chi connectivity index (χ4n) is 3.25. The summed E-state index contributed by atoms with van der Waals surface area (Å²) in [6, 6.07) is 11.3. The molecule has 2 unspecified atom stereocenters.